The van der Waals surface area contributed by atoms with E-state index in [4.69, 9.17) is 14.3 Å². The van der Waals surface area contributed by atoms with Gasteiger partial charge in [0, 0.05) is 12.5 Å². The molecule has 0 N–H and O–H groups in total. The van der Waals surface area contributed by atoms with Crippen LogP contribution in [0.15, 0.2) is 66.7 Å². The molecule has 0 aliphatic carbocycles. The Kier molecular flexibility index (Phi) is 6.96. The molecule has 3 aromatic rings. The van der Waals surface area contributed by atoms with Gasteiger partial charge in [-0.3, -0.25) is 0 Å². The molecule has 1 fully saturated rings. The first-order valence-electron chi connectivity index (χ1n) is 11.3. The third-order valence-corrected chi connectivity index (χ3v) is 5.69. The highest BCUT2D eigenvalue weighted by Crippen LogP contribution is 2.32. The second kappa shape index (κ2) is 9.89. The number of fused-ring (bicyclic) bond motifs is 1. The Balaban J connectivity index is 1.48. The molecule has 0 saturated carbocycles. The number of benzene rings is 3. The SMILES string of the molecule is CC(C)(C)OC(=O)ON1CCC(c2ccc(F)cc2)C(OCc2ccc3ccccc3c2)C1. The molecule has 2 atom stereocenters. The summed E-state index contributed by atoms with van der Waals surface area (Å²) in [6.07, 6.45) is -0.259. The van der Waals surface area contributed by atoms with E-state index >= 15 is 0 Å². The minimum absolute atomic E-state index is 0.0598. The summed E-state index contributed by atoms with van der Waals surface area (Å²) in [5.74, 6) is -0.206. The van der Waals surface area contributed by atoms with E-state index in [-0.39, 0.29) is 17.8 Å². The van der Waals surface area contributed by atoms with Crippen molar-refractivity contribution in [1.82, 2.24) is 5.06 Å². The van der Waals surface area contributed by atoms with Crippen molar-refractivity contribution in [2.45, 2.75) is 51.4 Å². The van der Waals surface area contributed by atoms with E-state index in [9.17, 15) is 9.18 Å². The van der Waals surface area contributed by atoms with Gasteiger partial charge in [0.2, 0.25) is 0 Å². The summed E-state index contributed by atoms with van der Waals surface area (Å²) in [4.78, 5) is 17.6. The lowest BCUT2D eigenvalue weighted by Crippen LogP contribution is -2.45. The molecule has 1 aliphatic rings. The Morgan fingerprint density at radius 2 is 1.76 bits per heavy atom. The molecule has 0 bridgehead atoms. The van der Waals surface area contributed by atoms with Crippen molar-refractivity contribution in [2.24, 2.45) is 0 Å². The molecule has 1 heterocycles. The monoisotopic (exact) mass is 451 g/mol. The zero-order valence-corrected chi connectivity index (χ0v) is 19.3. The average Bonchev–Trinajstić information content (AvgIpc) is 2.77. The van der Waals surface area contributed by atoms with Crippen LogP contribution in [0.25, 0.3) is 10.8 Å². The molecule has 33 heavy (non-hydrogen) atoms. The van der Waals surface area contributed by atoms with Gasteiger partial charge in [0.15, 0.2) is 0 Å². The second-order valence-corrected chi connectivity index (χ2v) is 9.42. The van der Waals surface area contributed by atoms with Crippen molar-refractivity contribution in [2.75, 3.05) is 13.1 Å². The third kappa shape index (κ3) is 6.30. The lowest BCUT2D eigenvalue weighted by atomic mass is 9.87. The largest absolute Gasteiger partial charge is 0.528 e. The minimum Gasteiger partial charge on any atom is -0.427 e. The van der Waals surface area contributed by atoms with Crippen LogP contribution in [-0.4, -0.2) is 36.0 Å². The number of halogens is 1. The van der Waals surface area contributed by atoms with Gasteiger partial charge in [-0.15, -0.1) is 5.06 Å². The van der Waals surface area contributed by atoms with Crippen molar-refractivity contribution < 1.29 is 23.5 Å². The van der Waals surface area contributed by atoms with E-state index in [0.29, 0.717) is 26.1 Å². The molecular weight excluding hydrogens is 421 g/mol. The zero-order chi connectivity index (χ0) is 23.4. The van der Waals surface area contributed by atoms with Crippen LogP contribution in [0.4, 0.5) is 9.18 Å². The van der Waals surface area contributed by atoms with Crippen molar-refractivity contribution in [3.63, 3.8) is 0 Å². The average molecular weight is 452 g/mol. The van der Waals surface area contributed by atoms with Gasteiger partial charge in [0.05, 0.1) is 19.3 Å². The Hall–Kier alpha value is -2.96. The number of piperidine rings is 1. The lowest BCUT2D eigenvalue weighted by molar-refractivity contribution is -0.179. The fourth-order valence-electron chi connectivity index (χ4n) is 4.14. The lowest BCUT2D eigenvalue weighted by Gasteiger charge is -2.37. The van der Waals surface area contributed by atoms with E-state index in [1.54, 1.807) is 38.0 Å². The number of hydrogen-bond acceptors (Lipinski definition) is 5. The smallest absolute Gasteiger partial charge is 0.427 e. The van der Waals surface area contributed by atoms with Gasteiger partial charge >= 0.3 is 6.16 Å². The Morgan fingerprint density at radius 3 is 2.48 bits per heavy atom. The van der Waals surface area contributed by atoms with Crippen LogP contribution in [0.1, 0.15) is 44.2 Å². The quantitative estimate of drug-likeness (QED) is 0.431. The van der Waals surface area contributed by atoms with Crippen LogP contribution in [-0.2, 0) is 20.9 Å². The molecular formula is C27H30FNO4. The summed E-state index contributed by atoms with van der Waals surface area (Å²) in [5, 5.41) is 3.94. The number of ether oxygens (including phenoxy) is 2. The first kappa shape index (κ1) is 23.2. The van der Waals surface area contributed by atoms with E-state index in [1.807, 2.05) is 12.1 Å². The standard InChI is InChI=1S/C27H30FNO4/c1-27(2,3)32-26(30)33-29-15-14-24(21-10-12-23(28)13-11-21)25(17-29)31-18-19-8-9-20-6-4-5-7-22(20)16-19/h4-13,16,24-25H,14-15,17-18H2,1-3H3. The molecule has 174 valence electrons. The molecule has 0 spiro atoms. The number of hydrogen-bond donors (Lipinski definition) is 0. The van der Waals surface area contributed by atoms with Crippen LogP contribution < -0.4 is 0 Å². The van der Waals surface area contributed by atoms with E-state index in [0.717, 1.165) is 16.5 Å². The highest BCUT2D eigenvalue weighted by molar-refractivity contribution is 5.82. The summed E-state index contributed by atoms with van der Waals surface area (Å²) in [5.41, 5.74) is 1.45. The summed E-state index contributed by atoms with van der Waals surface area (Å²) < 4.78 is 25.1. The van der Waals surface area contributed by atoms with Crippen LogP contribution in [0.2, 0.25) is 0 Å². The normalized spacial score (nSPS) is 19.4. The molecule has 0 radical (unpaired) electrons. The second-order valence-electron chi connectivity index (χ2n) is 9.42. The summed E-state index contributed by atoms with van der Waals surface area (Å²) in [7, 11) is 0. The highest BCUT2D eigenvalue weighted by atomic mass is 19.1. The van der Waals surface area contributed by atoms with Gasteiger partial charge in [0.25, 0.3) is 0 Å². The summed E-state index contributed by atoms with van der Waals surface area (Å²) in [6, 6.07) is 21.0. The molecule has 6 heteroatoms. The predicted octanol–water partition coefficient (Wildman–Crippen LogP) is 6.22. The summed E-state index contributed by atoms with van der Waals surface area (Å²) in [6.45, 7) is 6.75. The summed E-state index contributed by atoms with van der Waals surface area (Å²) >= 11 is 0. The predicted molar refractivity (Wildman–Crippen MR) is 125 cm³/mol. The van der Waals surface area contributed by atoms with Crippen LogP contribution in [0.3, 0.4) is 0 Å². The Morgan fingerprint density at radius 1 is 1.03 bits per heavy atom. The molecule has 3 aromatic carbocycles. The molecule has 1 saturated heterocycles. The topological polar surface area (TPSA) is 48.0 Å². The maximum absolute atomic E-state index is 13.5. The van der Waals surface area contributed by atoms with E-state index in [1.165, 1.54) is 17.5 Å². The Labute approximate surface area is 194 Å². The van der Waals surface area contributed by atoms with Gasteiger partial charge < -0.3 is 14.3 Å². The number of rotatable bonds is 5. The van der Waals surface area contributed by atoms with Crippen molar-refractivity contribution in [3.05, 3.63) is 83.7 Å². The Bertz CT molecular complexity index is 1090. The fourth-order valence-corrected chi connectivity index (χ4v) is 4.14. The maximum atomic E-state index is 13.5. The van der Waals surface area contributed by atoms with Gasteiger partial charge in [-0.1, -0.05) is 48.5 Å². The number of carbonyl (C=O) groups is 1. The van der Waals surface area contributed by atoms with Crippen LogP contribution >= 0.6 is 0 Å². The molecule has 2 unspecified atom stereocenters. The minimum atomic E-state index is -0.726. The van der Waals surface area contributed by atoms with Crippen molar-refractivity contribution >= 4 is 16.9 Å². The molecule has 5 nitrogen and oxygen atoms in total. The first-order valence-corrected chi connectivity index (χ1v) is 11.3. The van der Waals surface area contributed by atoms with Crippen molar-refractivity contribution in [1.29, 1.82) is 0 Å². The van der Waals surface area contributed by atoms with Gasteiger partial charge in [-0.05, 0) is 67.3 Å². The number of carbonyl (C=O) groups excluding carboxylic acids is 1. The van der Waals surface area contributed by atoms with Gasteiger partial charge in [0.1, 0.15) is 11.4 Å². The fraction of sp³-hybridized carbons (Fsp3) is 0.370. The first-order chi connectivity index (χ1) is 15.8. The van der Waals surface area contributed by atoms with Crippen LogP contribution in [0.5, 0.6) is 0 Å². The molecule has 0 amide bonds. The molecule has 4 rings (SSSR count). The van der Waals surface area contributed by atoms with Gasteiger partial charge in [-0.25, -0.2) is 9.18 Å². The maximum Gasteiger partial charge on any atom is 0.528 e. The van der Waals surface area contributed by atoms with E-state index in [2.05, 4.69) is 30.3 Å². The van der Waals surface area contributed by atoms with E-state index < -0.39 is 11.8 Å². The third-order valence-electron chi connectivity index (χ3n) is 5.69. The zero-order valence-electron chi connectivity index (χ0n) is 19.3. The number of hydroxylamine groups is 2. The van der Waals surface area contributed by atoms with Crippen LogP contribution in [0, 0.1) is 5.82 Å². The molecule has 0 aromatic heterocycles. The van der Waals surface area contributed by atoms with Crippen molar-refractivity contribution in [3.8, 4) is 0 Å². The molecule has 1 aliphatic heterocycles. The van der Waals surface area contributed by atoms with Gasteiger partial charge in [-0.2, -0.15) is 0 Å². The number of nitrogens with zero attached hydrogens (tertiary/aromatic N) is 1. The highest BCUT2D eigenvalue weighted by Gasteiger charge is 2.34.